The number of amides is 2. The molecule has 1 fully saturated rings. The fourth-order valence-corrected chi connectivity index (χ4v) is 4.00. The zero-order valence-electron chi connectivity index (χ0n) is 18.8. The summed E-state index contributed by atoms with van der Waals surface area (Å²) in [6.45, 7) is 7.22. The van der Waals surface area contributed by atoms with Crippen LogP contribution >= 0.6 is 0 Å². The predicted molar refractivity (Wildman–Crippen MR) is 127 cm³/mol. The Hall–Kier alpha value is -3.81. The van der Waals surface area contributed by atoms with Crippen LogP contribution in [0.5, 0.6) is 11.5 Å². The molecule has 3 aromatic rings. The number of hydrogen-bond donors (Lipinski definition) is 1. The number of urea groups is 1. The van der Waals surface area contributed by atoms with Gasteiger partial charge in [0.2, 0.25) is 6.79 Å². The molecule has 1 aromatic heterocycles. The van der Waals surface area contributed by atoms with Gasteiger partial charge in [-0.05, 0) is 53.9 Å². The lowest BCUT2D eigenvalue weighted by atomic mass is 10.0. The van der Waals surface area contributed by atoms with Crippen molar-refractivity contribution in [2.24, 2.45) is 0 Å². The van der Waals surface area contributed by atoms with Gasteiger partial charge in [-0.3, -0.25) is 0 Å². The molecule has 0 saturated carbocycles. The van der Waals surface area contributed by atoms with E-state index in [1.54, 1.807) is 0 Å². The first-order valence-electron chi connectivity index (χ1n) is 11.2. The summed E-state index contributed by atoms with van der Waals surface area (Å²) in [5.74, 6) is 2.75. The smallest absolute Gasteiger partial charge is 0.321 e. The molecule has 0 radical (unpaired) electrons. The molecular weight excluding hydrogens is 418 g/mol. The number of fused-ring (bicyclic) bond motifs is 1. The van der Waals surface area contributed by atoms with Gasteiger partial charge >= 0.3 is 6.03 Å². The lowest BCUT2D eigenvalue weighted by molar-refractivity contribution is 0.174. The number of piperazine rings is 1. The van der Waals surface area contributed by atoms with Crippen LogP contribution in [-0.4, -0.2) is 54.1 Å². The highest BCUT2D eigenvalue weighted by atomic mass is 16.7. The van der Waals surface area contributed by atoms with Crippen molar-refractivity contribution in [2.75, 3.05) is 43.2 Å². The molecule has 33 heavy (non-hydrogen) atoms. The Balaban J connectivity index is 1.16. The van der Waals surface area contributed by atoms with Gasteiger partial charge in [0, 0.05) is 37.4 Å². The molecule has 1 N–H and O–H groups in total. The average molecular weight is 446 g/mol. The molecule has 2 aromatic carbocycles. The maximum Gasteiger partial charge on any atom is 0.321 e. The van der Waals surface area contributed by atoms with Gasteiger partial charge in [0.05, 0.1) is 5.69 Å². The first-order chi connectivity index (χ1) is 16.1. The van der Waals surface area contributed by atoms with Crippen molar-refractivity contribution in [1.82, 2.24) is 15.1 Å². The van der Waals surface area contributed by atoms with Gasteiger partial charge in [-0.15, -0.1) is 10.2 Å². The van der Waals surface area contributed by atoms with Crippen LogP contribution in [-0.2, 0) is 0 Å². The number of ether oxygens (including phenoxy) is 2. The first kappa shape index (κ1) is 21.1. The van der Waals surface area contributed by atoms with Crippen LogP contribution < -0.4 is 19.7 Å². The van der Waals surface area contributed by atoms with Crippen molar-refractivity contribution >= 4 is 17.5 Å². The van der Waals surface area contributed by atoms with Gasteiger partial charge in [-0.2, -0.15) is 0 Å². The second-order valence-corrected chi connectivity index (χ2v) is 8.53. The van der Waals surface area contributed by atoms with Crippen LogP contribution in [0.15, 0.2) is 54.6 Å². The highest BCUT2D eigenvalue weighted by Crippen LogP contribution is 2.35. The molecule has 5 rings (SSSR count). The van der Waals surface area contributed by atoms with Gasteiger partial charge in [0.25, 0.3) is 0 Å². The Morgan fingerprint density at radius 2 is 1.67 bits per heavy atom. The Labute approximate surface area is 193 Å². The van der Waals surface area contributed by atoms with Crippen LogP contribution in [0.25, 0.3) is 11.3 Å². The minimum atomic E-state index is -0.0730. The number of carbonyl (C=O) groups is 1. The third-order valence-corrected chi connectivity index (χ3v) is 6.04. The largest absolute Gasteiger partial charge is 0.454 e. The third kappa shape index (κ3) is 4.55. The Morgan fingerprint density at radius 3 is 2.36 bits per heavy atom. The van der Waals surface area contributed by atoms with E-state index in [0.717, 1.165) is 34.3 Å². The minimum Gasteiger partial charge on any atom is -0.454 e. The second-order valence-electron chi connectivity index (χ2n) is 8.53. The summed E-state index contributed by atoms with van der Waals surface area (Å²) in [7, 11) is 0. The quantitative estimate of drug-likeness (QED) is 0.643. The number of nitrogens with zero attached hydrogens (tertiary/aromatic N) is 4. The molecular formula is C25H27N5O3. The van der Waals surface area contributed by atoms with E-state index in [2.05, 4.69) is 46.4 Å². The normalized spacial score (nSPS) is 15.1. The molecule has 8 nitrogen and oxygen atoms in total. The topological polar surface area (TPSA) is 79.8 Å². The number of hydrogen-bond acceptors (Lipinski definition) is 6. The number of aromatic nitrogens is 2. The standard InChI is InChI=1S/C25H27N5O3/c1-17(2)18-3-6-20(7-4-18)26-25(31)30-13-11-29(12-14-30)24-10-8-21(27-28-24)19-5-9-22-23(15-19)33-16-32-22/h3-10,15,17H,11-14,16H2,1-2H3,(H,26,31). The zero-order valence-corrected chi connectivity index (χ0v) is 18.8. The van der Waals surface area contributed by atoms with Gasteiger partial charge in [0.1, 0.15) is 0 Å². The maximum absolute atomic E-state index is 12.7. The molecule has 0 spiro atoms. The van der Waals surface area contributed by atoms with Crippen LogP contribution in [0.4, 0.5) is 16.3 Å². The third-order valence-electron chi connectivity index (χ3n) is 6.04. The van der Waals surface area contributed by atoms with Crippen molar-refractivity contribution < 1.29 is 14.3 Å². The van der Waals surface area contributed by atoms with Crippen molar-refractivity contribution in [3.05, 3.63) is 60.2 Å². The molecule has 170 valence electrons. The molecule has 2 amide bonds. The highest BCUT2D eigenvalue weighted by Gasteiger charge is 2.22. The summed E-state index contributed by atoms with van der Waals surface area (Å²) in [6, 6.07) is 17.6. The van der Waals surface area contributed by atoms with Crippen molar-refractivity contribution in [3.63, 3.8) is 0 Å². The van der Waals surface area contributed by atoms with Crippen molar-refractivity contribution in [2.45, 2.75) is 19.8 Å². The van der Waals surface area contributed by atoms with E-state index in [9.17, 15) is 4.79 Å². The molecule has 2 aliphatic rings. The van der Waals surface area contributed by atoms with E-state index < -0.39 is 0 Å². The molecule has 8 heteroatoms. The lowest BCUT2D eigenvalue weighted by Gasteiger charge is -2.35. The SMILES string of the molecule is CC(C)c1ccc(NC(=O)N2CCN(c3ccc(-c4ccc5c(c4)OCO5)nn3)CC2)cc1. The summed E-state index contributed by atoms with van der Waals surface area (Å²) >= 11 is 0. The van der Waals surface area contributed by atoms with E-state index in [1.165, 1.54) is 5.56 Å². The molecule has 0 aliphatic carbocycles. The number of benzene rings is 2. The molecule has 0 atom stereocenters. The molecule has 0 unspecified atom stereocenters. The molecule has 1 saturated heterocycles. The highest BCUT2D eigenvalue weighted by molar-refractivity contribution is 5.89. The summed E-state index contributed by atoms with van der Waals surface area (Å²) < 4.78 is 10.8. The average Bonchev–Trinajstić information content (AvgIpc) is 3.33. The monoisotopic (exact) mass is 445 g/mol. The van der Waals surface area contributed by atoms with Crippen LogP contribution in [0.2, 0.25) is 0 Å². The lowest BCUT2D eigenvalue weighted by Crippen LogP contribution is -2.50. The predicted octanol–water partition coefficient (Wildman–Crippen LogP) is 4.35. The van der Waals surface area contributed by atoms with Gasteiger partial charge in [-0.1, -0.05) is 26.0 Å². The second kappa shape index (κ2) is 8.97. The summed E-state index contributed by atoms with van der Waals surface area (Å²) in [4.78, 5) is 16.6. The fraction of sp³-hybridized carbons (Fsp3) is 0.320. The van der Waals surface area contributed by atoms with E-state index >= 15 is 0 Å². The fourth-order valence-electron chi connectivity index (χ4n) is 4.00. The Kier molecular flexibility index (Phi) is 5.73. The van der Waals surface area contributed by atoms with E-state index in [1.807, 2.05) is 47.4 Å². The molecule has 3 heterocycles. The van der Waals surface area contributed by atoms with Crippen LogP contribution in [0.1, 0.15) is 25.3 Å². The molecule has 0 bridgehead atoms. The molecule has 2 aliphatic heterocycles. The van der Waals surface area contributed by atoms with Gasteiger partial charge < -0.3 is 24.6 Å². The number of rotatable bonds is 4. The number of carbonyl (C=O) groups excluding carboxylic acids is 1. The Bertz CT molecular complexity index is 1120. The Morgan fingerprint density at radius 1 is 0.909 bits per heavy atom. The van der Waals surface area contributed by atoms with Gasteiger partial charge in [-0.25, -0.2) is 4.79 Å². The summed E-state index contributed by atoms with van der Waals surface area (Å²) in [5.41, 5.74) is 3.78. The zero-order chi connectivity index (χ0) is 22.8. The van der Waals surface area contributed by atoms with Crippen molar-refractivity contribution in [1.29, 1.82) is 0 Å². The van der Waals surface area contributed by atoms with Crippen LogP contribution in [0.3, 0.4) is 0 Å². The number of nitrogens with one attached hydrogen (secondary N) is 1. The first-order valence-corrected chi connectivity index (χ1v) is 11.2. The van der Waals surface area contributed by atoms with Gasteiger partial charge in [0.15, 0.2) is 17.3 Å². The number of anilines is 2. The van der Waals surface area contributed by atoms with Crippen LogP contribution in [0, 0.1) is 0 Å². The maximum atomic E-state index is 12.7. The van der Waals surface area contributed by atoms with Crippen molar-refractivity contribution in [3.8, 4) is 22.8 Å². The van der Waals surface area contributed by atoms with E-state index in [4.69, 9.17) is 9.47 Å². The van der Waals surface area contributed by atoms with E-state index in [0.29, 0.717) is 32.1 Å². The summed E-state index contributed by atoms with van der Waals surface area (Å²) in [6.07, 6.45) is 0. The minimum absolute atomic E-state index is 0.0730. The summed E-state index contributed by atoms with van der Waals surface area (Å²) in [5, 5.41) is 11.8. The van der Waals surface area contributed by atoms with E-state index in [-0.39, 0.29) is 12.8 Å².